The summed E-state index contributed by atoms with van der Waals surface area (Å²) in [6, 6.07) is 6.99. The molecule has 0 aromatic heterocycles. The highest BCUT2D eigenvalue weighted by atomic mass is 32.2. The Morgan fingerprint density at radius 3 is 2.25 bits per heavy atom. The number of hydrogen-bond acceptors (Lipinski definition) is 4. The summed E-state index contributed by atoms with van der Waals surface area (Å²) in [6.07, 6.45) is 0.802. The van der Waals surface area contributed by atoms with Crippen molar-refractivity contribution in [1.82, 2.24) is 10.2 Å². The van der Waals surface area contributed by atoms with Crippen molar-refractivity contribution in [2.24, 2.45) is 0 Å². The molecule has 0 aliphatic carbocycles. The van der Waals surface area contributed by atoms with Crippen molar-refractivity contribution >= 4 is 27.5 Å². The molecule has 11 heteroatoms. The molecule has 0 saturated carbocycles. The number of sulfonamides is 1. The smallest absolute Gasteiger partial charge is 0.244 e. The number of halogens is 3. The van der Waals surface area contributed by atoms with E-state index in [1.807, 2.05) is 0 Å². The number of amides is 2. The minimum Gasteiger partial charge on any atom is -0.355 e. The summed E-state index contributed by atoms with van der Waals surface area (Å²) in [5.74, 6) is -4.42. The van der Waals surface area contributed by atoms with Crippen molar-refractivity contribution in [2.45, 2.75) is 26.4 Å². The van der Waals surface area contributed by atoms with Gasteiger partial charge in [0.1, 0.15) is 18.4 Å². The highest BCUT2D eigenvalue weighted by Crippen LogP contribution is 2.22. The first-order valence-electron chi connectivity index (χ1n) is 9.69. The van der Waals surface area contributed by atoms with Gasteiger partial charge in [-0.05, 0) is 32.0 Å². The lowest BCUT2D eigenvalue weighted by molar-refractivity contribution is -0.139. The van der Waals surface area contributed by atoms with Gasteiger partial charge in [-0.1, -0.05) is 18.2 Å². The molecule has 0 radical (unpaired) electrons. The van der Waals surface area contributed by atoms with Gasteiger partial charge >= 0.3 is 0 Å². The van der Waals surface area contributed by atoms with Gasteiger partial charge in [0, 0.05) is 24.7 Å². The summed E-state index contributed by atoms with van der Waals surface area (Å²) in [7, 11) is -4.09. The Kier molecular flexibility index (Phi) is 8.25. The third-order valence-electron chi connectivity index (χ3n) is 4.69. The molecular formula is C21H24F3N3O4S. The molecule has 0 aliphatic heterocycles. The first-order valence-corrected chi connectivity index (χ1v) is 11.5. The molecule has 0 unspecified atom stereocenters. The Labute approximate surface area is 184 Å². The van der Waals surface area contributed by atoms with Crippen molar-refractivity contribution in [2.75, 3.05) is 23.7 Å². The van der Waals surface area contributed by atoms with Crippen LogP contribution in [-0.2, 0) is 26.2 Å². The average Bonchev–Trinajstić information content (AvgIpc) is 2.72. The normalized spacial score (nSPS) is 12.2. The highest BCUT2D eigenvalue weighted by Gasteiger charge is 2.30. The van der Waals surface area contributed by atoms with E-state index in [9.17, 15) is 31.2 Å². The van der Waals surface area contributed by atoms with Crippen LogP contribution >= 0.6 is 0 Å². The van der Waals surface area contributed by atoms with Gasteiger partial charge in [-0.25, -0.2) is 21.6 Å². The number of benzene rings is 2. The van der Waals surface area contributed by atoms with E-state index in [4.69, 9.17) is 0 Å². The fourth-order valence-corrected chi connectivity index (χ4v) is 3.81. The quantitative estimate of drug-likeness (QED) is 0.609. The second-order valence-corrected chi connectivity index (χ2v) is 8.96. The van der Waals surface area contributed by atoms with Gasteiger partial charge in [-0.15, -0.1) is 0 Å². The van der Waals surface area contributed by atoms with Crippen LogP contribution in [-0.4, -0.2) is 50.5 Å². The highest BCUT2D eigenvalue weighted by molar-refractivity contribution is 7.92. The van der Waals surface area contributed by atoms with Crippen molar-refractivity contribution in [3.63, 3.8) is 0 Å². The van der Waals surface area contributed by atoms with Crippen LogP contribution in [0.15, 0.2) is 42.5 Å². The summed E-state index contributed by atoms with van der Waals surface area (Å²) >= 11 is 0. The van der Waals surface area contributed by atoms with Crippen molar-refractivity contribution in [1.29, 1.82) is 0 Å². The lowest BCUT2D eigenvalue weighted by atomic mass is 10.1. The first kappa shape index (κ1) is 25.2. The van der Waals surface area contributed by atoms with Crippen LogP contribution in [0.3, 0.4) is 0 Å². The molecule has 7 nitrogen and oxygen atoms in total. The fraction of sp³-hybridized carbons (Fsp3) is 0.333. The zero-order chi connectivity index (χ0) is 24.1. The van der Waals surface area contributed by atoms with E-state index in [2.05, 4.69) is 5.32 Å². The summed E-state index contributed by atoms with van der Waals surface area (Å²) < 4.78 is 66.4. The lowest BCUT2D eigenvalue weighted by Gasteiger charge is -2.31. The number of carbonyl (C=O) groups is 2. The maximum atomic E-state index is 14.2. The zero-order valence-electron chi connectivity index (χ0n) is 17.8. The van der Waals surface area contributed by atoms with Gasteiger partial charge in [0.15, 0.2) is 11.6 Å². The van der Waals surface area contributed by atoms with Gasteiger partial charge in [0.05, 0.1) is 11.9 Å². The van der Waals surface area contributed by atoms with E-state index in [0.717, 1.165) is 23.3 Å². The number of anilines is 1. The largest absolute Gasteiger partial charge is 0.355 e. The minimum absolute atomic E-state index is 0.121. The molecule has 1 atom stereocenters. The van der Waals surface area contributed by atoms with Gasteiger partial charge in [0.2, 0.25) is 21.8 Å². The average molecular weight is 472 g/mol. The Morgan fingerprint density at radius 2 is 1.69 bits per heavy atom. The number of hydrogen-bond donors (Lipinski definition) is 1. The topological polar surface area (TPSA) is 86.8 Å². The Morgan fingerprint density at radius 1 is 1.03 bits per heavy atom. The predicted octanol–water partition coefficient (Wildman–Crippen LogP) is 2.42. The Balaban J connectivity index is 2.42. The molecule has 0 aliphatic rings. The van der Waals surface area contributed by atoms with Crippen LogP contribution in [0.1, 0.15) is 19.4 Å². The SMILES string of the molecule is CCNC(=O)[C@H](C)N(Cc1ccccc1F)C(=O)CN(c1ccc(F)c(F)c1)S(C)(=O)=O. The van der Waals surface area contributed by atoms with Crippen LogP contribution in [0.2, 0.25) is 0 Å². The van der Waals surface area contributed by atoms with Crippen LogP contribution in [0.5, 0.6) is 0 Å². The zero-order valence-corrected chi connectivity index (χ0v) is 18.6. The maximum Gasteiger partial charge on any atom is 0.244 e. The van der Waals surface area contributed by atoms with E-state index in [1.165, 1.54) is 25.1 Å². The molecule has 174 valence electrons. The van der Waals surface area contributed by atoms with Crippen LogP contribution in [0.4, 0.5) is 18.9 Å². The molecule has 2 amide bonds. The van der Waals surface area contributed by atoms with E-state index in [0.29, 0.717) is 10.4 Å². The molecule has 2 aromatic carbocycles. The van der Waals surface area contributed by atoms with Crippen LogP contribution < -0.4 is 9.62 Å². The Bertz CT molecular complexity index is 1100. The maximum absolute atomic E-state index is 14.2. The van der Waals surface area contributed by atoms with Gasteiger partial charge in [-0.2, -0.15) is 0 Å². The summed E-state index contributed by atoms with van der Waals surface area (Å²) in [5.41, 5.74) is -0.146. The molecule has 0 bridgehead atoms. The third-order valence-corrected chi connectivity index (χ3v) is 5.83. The van der Waals surface area contributed by atoms with Crippen LogP contribution in [0.25, 0.3) is 0 Å². The van der Waals surface area contributed by atoms with Crippen LogP contribution in [0, 0.1) is 17.5 Å². The van der Waals surface area contributed by atoms with Crippen molar-refractivity contribution in [3.05, 3.63) is 65.5 Å². The minimum atomic E-state index is -4.09. The van der Waals surface area contributed by atoms with E-state index in [-0.39, 0.29) is 24.3 Å². The molecule has 32 heavy (non-hydrogen) atoms. The molecule has 0 heterocycles. The number of nitrogens with one attached hydrogen (secondary N) is 1. The van der Waals surface area contributed by atoms with Gasteiger partial charge < -0.3 is 10.2 Å². The fourth-order valence-electron chi connectivity index (χ4n) is 2.97. The second kappa shape index (κ2) is 10.5. The monoisotopic (exact) mass is 471 g/mol. The molecule has 0 spiro atoms. The summed E-state index contributed by atoms with van der Waals surface area (Å²) in [6.45, 7) is 2.28. The number of carbonyl (C=O) groups excluding carboxylic acids is 2. The van der Waals surface area contributed by atoms with Gasteiger partial charge in [0.25, 0.3) is 0 Å². The second-order valence-electron chi connectivity index (χ2n) is 7.05. The standard InChI is InChI=1S/C21H24F3N3O4S/c1-4-25-21(29)14(2)26(12-15-7-5-6-8-17(15)22)20(28)13-27(32(3,30)31)16-9-10-18(23)19(24)11-16/h5-11,14H,4,12-13H2,1-3H3,(H,25,29)/t14-/m0/s1. The summed E-state index contributed by atoms with van der Waals surface area (Å²) in [4.78, 5) is 26.5. The third kappa shape index (κ3) is 6.22. The molecule has 0 saturated heterocycles. The van der Waals surface area contributed by atoms with Crippen molar-refractivity contribution < 1.29 is 31.2 Å². The molecule has 0 fully saturated rings. The summed E-state index contributed by atoms with van der Waals surface area (Å²) in [5, 5.41) is 2.56. The van der Waals surface area contributed by atoms with E-state index in [1.54, 1.807) is 13.0 Å². The molecular weight excluding hydrogens is 447 g/mol. The molecule has 1 N–H and O–H groups in total. The predicted molar refractivity (Wildman–Crippen MR) is 114 cm³/mol. The Hall–Kier alpha value is -3.08. The van der Waals surface area contributed by atoms with Crippen molar-refractivity contribution in [3.8, 4) is 0 Å². The van der Waals surface area contributed by atoms with E-state index < -0.39 is 51.9 Å². The molecule has 2 aromatic rings. The number of nitrogens with zero attached hydrogens (tertiary/aromatic N) is 2. The first-order chi connectivity index (χ1) is 15.0. The van der Waals surface area contributed by atoms with E-state index >= 15 is 0 Å². The number of rotatable bonds is 9. The van der Waals surface area contributed by atoms with Gasteiger partial charge in [-0.3, -0.25) is 13.9 Å². The molecule has 2 rings (SSSR count). The number of likely N-dealkylation sites (N-methyl/N-ethyl adjacent to an activating group) is 1. The lowest BCUT2D eigenvalue weighted by Crippen LogP contribution is -2.51.